The standard InChI is InChI=1S/C23H27NO5/c1-7-15(12-16-13-20(25)28-23(5,6)27-16)18-14-24(21(26)29-22(2,3)4)19-11-9-8-10-17(18)19/h7-11,13-15H,1,12H2,2-6H3/t15-/m1/s1. The third kappa shape index (κ3) is 4.70. The minimum absolute atomic E-state index is 0.170. The van der Waals surface area contributed by atoms with Crippen LogP contribution in [-0.4, -0.2) is 28.0 Å². The van der Waals surface area contributed by atoms with Crippen LogP contribution in [0.4, 0.5) is 4.79 Å². The molecule has 0 spiro atoms. The number of hydrogen-bond donors (Lipinski definition) is 0. The normalized spacial score (nSPS) is 17.1. The molecule has 0 aliphatic carbocycles. The molecule has 29 heavy (non-hydrogen) atoms. The van der Waals surface area contributed by atoms with Crippen molar-refractivity contribution in [1.29, 1.82) is 0 Å². The van der Waals surface area contributed by atoms with Crippen molar-refractivity contribution in [2.75, 3.05) is 0 Å². The molecule has 154 valence electrons. The van der Waals surface area contributed by atoms with Gasteiger partial charge in [-0.1, -0.05) is 24.3 Å². The third-order valence-corrected chi connectivity index (χ3v) is 4.44. The summed E-state index contributed by atoms with van der Waals surface area (Å²) in [6.45, 7) is 12.8. The molecule has 2 heterocycles. The minimum Gasteiger partial charge on any atom is -0.457 e. The summed E-state index contributed by atoms with van der Waals surface area (Å²) in [6, 6.07) is 7.62. The van der Waals surface area contributed by atoms with Crippen LogP contribution in [0.2, 0.25) is 0 Å². The number of nitrogens with zero attached hydrogens (tertiary/aromatic N) is 1. The first-order valence-electron chi connectivity index (χ1n) is 9.57. The summed E-state index contributed by atoms with van der Waals surface area (Å²) in [5.41, 5.74) is 1.05. The van der Waals surface area contributed by atoms with E-state index in [2.05, 4.69) is 6.58 Å². The van der Waals surface area contributed by atoms with E-state index in [-0.39, 0.29) is 5.92 Å². The van der Waals surface area contributed by atoms with Crippen molar-refractivity contribution in [3.05, 3.63) is 60.5 Å². The number of allylic oxidation sites excluding steroid dienone is 2. The maximum Gasteiger partial charge on any atom is 0.419 e. The molecule has 0 N–H and O–H groups in total. The topological polar surface area (TPSA) is 66.8 Å². The predicted octanol–water partition coefficient (Wildman–Crippen LogP) is 5.28. The fraction of sp³-hybridized carbons (Fsp3) is 0.391. The Morgan fingerprint density at radius 2 is 1.97 bits per heavy atom. The first kappa shape index (κ1) is 20.7. The fourth-order valence-corrected chi connectivity index (χ4v) is 3.37. The van der Waals surface area contributed by atoms with E-state index in [1.807, 2.05) is 45.0 Å². The highest BCUT2D eigenvalue weighted by Crippen LogP contribution is 2.35. The van der Waals surface area contributed by atoms with E-state index in [9.17, 15) is 9.59 Å². The zero-order valence-electron chi connectivity index (χ0n) is 17.5. The first-order chi connectivity index (χ1) is 13.5. The van der Waals surface area contributed by atoms with Crippen LogP contribution < -0.4 is 0 Å². The molecule has 1 aromatic carbocycles. The van der Waals surface area contributed by atoms with Crippen LogP contribution in [0.15, 0.2) is 55.0 Å². The van der Waals surface area contributed by atoms with Crippen molar-refractivity contribution in [1.82, 2.24) is 4.57 Å². The number of esters is 1. The van der Waals surface area contributed by atoms with Crippen LogP contribution in [0, 0.1) is 0 Å². The Kier molecular flexibility index (Phi) is 5.30. The summed E-state index contributed by atoms with van der Waals surface area (Å²) in [5, 5.41) is 0.918. The molecule has 6 heteroatoms. The molecular formula is C23H27NO5. The predicted molar refractivity (Wildman–Crippen MR) is 110 cm³/mol. The highest BCUT2D eigenvalue weighted by molar-refractivity contribution is 5.92. The number of rotatable bonds is 4. The second-order valence-corrected chi connectivity index (χ2v) is 8.53. The molecular weight excluding hydrogens is 370 g/mol. The van der Waals surface area contributed by atoms with E-state index in [0.29, 0.717) is 12.2 Å². The number of benzene rings is 1. The zero-order valence-corrected chi connectivity index (χ0v) is 17.5. The van der Waals surface area contributed by atoms with Gasteiger partial charge in [-0.2, -0.15) is 0 Å². The molecule has 2 aromatic rings. The van der Waals surface area contributed by atoms with Gasteiger partial charge in [-0.05, 0) is 32.4 Å². The summed E-state index contributed by atoms with van der Waals surface area (Å²) >= 11 is 0. The Labute approximate surface area is 170 Å². The summed E-state index contributed by atoms with van der Waals surface area (Å²) in [4.78, 5) is 24.6. The number of ether oxygens (including phenoxy) is 3. The summed E-state index contributed by atoms with van der Waals surface area (Å²) in [6.07, 6.45) is 4.90. The minimum atomic E-state index is -1.02. The maximum absolute atomic E-state index is 12.7. The smallest absolute Gasteiger partial charge is 0.419 e. The highest BCUT2D eigenvalue weighted by atomic mass is 16.7. The van der Waals surface area contributed by atoms with Gasteiger partial charge < -0.3 is 14.2 Å². The molecule has 6 nitrogen and oxygen atoms in total. The van der Waals surface area contributed by atoms with Crippen LogP contribution in [0.3, 0.4) is 0 Å². The second kappa shape index (κ2) is 7.43. The van der Waals surface area contributed by atoms with E-state index < -0.39 is 23.5 Å². The van der Waals surface area contributed by atoms with E-state index in [1.54, 1.807) is 26.1 Å². The number of carbonyl (C=O) groups is 2. The third-order valence-electron chi connectivity index (χ3n) is 4.44. The fourth-order valence-electron chi connectivity index (χ4n) is 3.37. The van der Waals surface area contributed by atoms with Gasteiger partial charge in [0, 0.05) is 37.8 Å². The molecule has 0 saturated carbocycles. The monoisotopic (exact) mass is 397 g/mol. The molecule has 0 saturated heterocycles. The summed E-state index contributed by atoms with van der Waals surface area (Å²) in [7, 11) is 0. The lowest BCUT2D eigenvalue weighted by molar-refractivity contribution is -0.206. The van der Waals surface area contributed by atoms with Gasteiger partial charge in [0.05, 0.1) is 11.6 Å². The Morgan fingerprint density at radius 1 is 1.28 bits per heavy atom. The molecule has 0 amide bonds. The van der Waals surface area contributed by atoms with Gasteiger partial charge in [-0.3, -0.25) is 4.57 Å². The molecule has 0 fully saturated rings. The number of hydrogen-bond acceptors (Lipinski definition) is 5. The number of carbonyl (C=O) groups excluding carboxylic acids is 2. The second-order valence-electron chi connectivity index (χ2n) is 8.53. The van der Waals surface area contributed by atoms with Gasteiger partial charge in [0.2, 0.25) is 5.79 Å². The first-order valence-corrected chi connectivity index (χ1v) is 9.57. The van der Waals surface area contributed by atoms with Crippen LogP contribution in [0.5, 0.6) is 0 Å². The molecule has 0 bridgehead atoms. The van der Waals surface area contributed by atoms with E-state index >= 15 is 0 Å². The lowest BCUT2D eigenvalue weighted by Gasteiger charge is -2.31. The van der Waals surface area contributed by atoms with E-state index in [0.717, 1.165) is 16.5 Å². The molecule has 3 rings (SSSR count). The SMILES string of the molecule is C=C[C@H](CC1=CC(=O)OC(C)(C)O1)c1cn(C(=O)OC(C)(C)C)c2ccccc12. The molecule has 1 aliphatic rings. The van der Waals surface area contributed by atoms with E-state index in [4.69, 9.17) is 14.2 Å². The van der Waals surface area contributed by atoms with Gasteiger partial charge in [-0.15, -0.1) is 6.58 Å². The number of para-hydroxylation sites is 1. The Morgan fingerprint density at radius 3 is 2.59 bits per heavy atom. The molecule has 1 atom stereocenters. The number of cyclic esters (lactones) is 1. The summed E-state index contributed by atoms with van der Waals surface area (Å²) in [5.74, 6) is -1.10. The van der Waals surface area contributed by atoms with Gasteiger partial charge in [0.25, 0.3) is 0 Å². The van der Waals surface area contributed by atoms with Gasteiger partial charge in [0.1, 0.15) is 11.4 Å². The van der Waals surface area contributed by atoms with Crippen LogP contribution >= 0.6 is 0 Å². The summed E-state index contributed by atoms with van der Waals surface area (Å²) < 4.78 is 18.0. The Bertz CT molecular complexity index is 990. The molecule has 0 radical (unpaired) electrons. The average Bonchev–Trinajstić information content (AvgIpc) is 2.96. The van der Waals surface area contributed by atoms with Gasteiger partial charge >= 0.3 is 12.1 Å². The lowest BCUT2D eigenvalue weighted by atomic mass is 9.94. The molecule has 1 aliphatic heterocycles. The van der Waals surface area contributed by atoms with Crippen LogP contribution in [-0.2, 0) is 19.0 Å². The van der Waals surface area contributed by atoms with Crippen molar-refractivity contribution in [2.24, 2.45) is 0 Å². The molecule has 1 aromatic heterocycles. The van der Waals surface area contributed by atoms with Crippen molar-refractivity contribution < 1.29 is 23.8 Å². The van der Waals surface area contributed by atoms with Crippen molar-refractivity contribution >= 4 is 23.0 Å². The quantitative estimate of drug-likeness (QED) is 0.519. The van der Waals surface area contributed by atoms with Crippen molar-refractivity contribution in [3.63, 3.8) is 0 Å². The van der Waals surface area contributed by atoms with Crippen molar-refractivity contribution in [3.8, 4) is 0 Å². The van der Waals surface area contributed by atoms with E-state index in [1.165, 1.54) is 10.6 Å². The van der Waals surface area contributed by atoms with Gasteiger partial charge in [0.15, 0.2) is 0 Å². The number of aromatic nitrogens is 1. The largest absolute Gasteiger partial charge is 0.457 e. The Balaban J connectivity index is 1.99. The Hall–Kier alpha value is -3.02. The van der Waals surface area contributed by atoms with Crippen molar-refractivity contribution in [2.45, 2.75) is 58.3 Å². The zero-order chi connectivity index (χ0) is 21.4. The maximum atomic E-state index is 12.7. The van der Waals surface area contributed by atoms with Gasteiger partial charge in [-0.25, -0.2) is 9.59 Å². The lowest BCUT2D eigenvalue weighted by Crippen LogP contribution is -2.34. The number of fused-ring (bicyclic) bond motifs is 1. The van der Waals surface area contributed by atoms with Crippen LogP contribution in [0.1, 0.15) is 52.5 Å². The van der Waals surface area contributed by atoms with Crippen LogP contribution in [0.25, 0.3) is 10.9 Å². The highest BCUT2D eigenvalue weighted by Gasteiger charge is 2.31. The molecule has 0 unspecified atom stereocenters. The average molecular weight is 397 g/mol.